The zero-order valence-electron chi connectivity index (χ0n) is 6.56. The van der Waals surface area contributed by atoms with E-state index < -0.39 is 20.8 Å². The molecular formula is C5H7Cl2P5Zr. The fourth-order valence-corrected chi connectivity index (χ4v) is 24.7. The SMILES string of the molecule is C1=CCC=C1.[Cl][Zr][Cl].p1pp[pH]p1. The summed E-state index contributed by atoms with van der Waals surface area (Å²) in [5.41, 5.74) is 0. The van der Waals surface area contributed by atoms with Crippen molar-refractivity contribution >= 4 is 54.8 Å². The molecule has 1 heterocycles. The zero-order valence-corrected chi connectivity index (χ0v) is 15.1. The van der Waals surface area contributed by atoms with E-state index in [0.717, 1.165) is 6.42 Å². The van der Waals surface area contributed by atoms with Crippen LogP contribution in [0.3, 0.4) is 0 Å². The van der Waals surface area contributed by atoms with Crippen molar-refractivity contribution < 1.29 is 20.8 Å². The normalized spacial score (nSPS) is 14.0. The van der Waals surface area contributed by atoms with Crippen LogP contribution in [0, 0.1) is 0 Å². The Balaban J connectivity index is 0.000000174. The van der Waals surface area contributed by atoms with Crippen LogP contribution in [0.25, 0.3) is 0 Å². The van der Waals surface area contributed by atoms with Crippen LogP contribution in [0.1, 0.15) is 6.42 Å². The summed E-state index contributed by atoms with van der Waals surface area (Å²) in [6.07, 6.45) is 9.50. The van der Waals surface area contributed by atoms with Gasteiger partial charge < -0.3 is 0 Å². The van der Waals surface area contributed by atoms with Gasteiger partial charge in [-0.15, -0.1) is 0 Å². The van der Waals surface area contributed by atoms with Gasteiger partial charge in [0.1, 0.15) is 0 Å². The Morgan fingerprint density at radius 1 is 1.08 bits per heavy atom. The quantitative estimate of drug-likeness (QED) is 0.456. The second-order valence-electron chi connectivity index (χ2n) is 1.64. The van der Waals surface area contributed by atoms with Gasteiger partial charge in [0.25, 0.3) is 0 Å². The molecule has 0 saturated heterocycles. The van der Waals surface area contributed by atoms with Gasteiger partial charge in [0.15, 0.2) is 0 Å². The first kappa shape index (κ1) is 15.4. The van der Waals surface area contributed by atoms with E-state index in [1.807, 2.05) is 0 Å². The predicted molar refractivity (Wildman–Crippen MR) is 70.6 cm³/mol. The van der Waals surface area contributed by atoms with Crippen molar-refractivity contribution in [3.63, 3.8) is 0 Å². The monoisotopic (exact) mass is 382 g/mol. The number of hydrogen-bond acceptors (Lipinski definition) is 0. The molecule has 0 N–H and O–H groups in total. The van der Waals surface area contributed by atoms with Crippen molar-refractivity contribution in [3.05, 3.63) is 24.3 Å². The molecule has 0 bridgehead atoms. The van der Waals surface area contributed by atoms with Gasteiger partial charge in [0.05, 0.1) is 0 Å². The van der Waals surface area contributed by atoms with E-state index in [1.165, 1.54) is 7.55 Å². The Hall–Kier alpha value is 2.44. The molecule has 0 spiro atoms. The number of hydrogen-bond donors (Lipinski definition) is 0. The van der Waals surface area contributed by atoms with Gasteiger partial charge in [-0.2, -0.15) is 0 Å². The molecule has 1 aromatic heterocycles. The molecule has 0 saturated carbocycles. The summed E-state index contributed by atoms with van der Waals surface area (Å²) in [4.78, 5) is 0. The van der Waals surface area contributed by atoms with Crippen molar-refractivity contribution in [1.82, 2.24) is 0 Å². The Labute approximate surface area is 105 Å². The van der Waals surface area contributed by atoms with Crippen LogP contribution >= 0.6 is 54.8 Å². The molecule has 0 fully saturated rings. The predicted octanol–water partition coefficient (Wildman–Crippen LogP) is 6.92. The molecule has 1 aliphatic rings. The first-order valence-corrected chi connectivity index (χ1v) is 17.9. The minimum Gasteiger partial charge on any atom is -0.0716 e. The Kier molecular flexibility index (Phi) is 17.2. The molecule has 0 radical (unpaired) electrons. The molecule has 0 aliphatic heterocycles. The molecule has 0 unspecified atom stereocenters. The van der Waals surface area contributed by atoms with Crippen LogP contribution in [-0.4, -0.2) is 0 Å². The van der Waals surface area contributed by atoms with Crippen LogP contribution in [0.4, 0.5) is 0 Å². The smallest absolute Gasteiger partial charge is 0.000975 e. The summed E-state index contributed by atoms with van der Waals surface area (Å²) in [6, 6.07) is 0. The maximum atomic E-state index is 4.93. The molecule has 2 rings (SSSR count). The van der Waals surface area contributed by atoms with E-state index in [1.54, 1.807) is 30.2 Å². The molecule has 8 heteroatoms. The Morgan fingerprint density at radius 2 is 1.54 bits per heavy atom. The molecule has 0 amide bonds. The summed E-state index contributed by atoms with van der Waals surface area (Å²) in [5, 5.41) is 0. The van der Waals surface area contributed by atoms with E-state index in [2.05, 4.69) is 24.3 Å². The van der Waals surface area contributed by atoms with Crippen molar-refractivity contribution in [2.24, 2.45) is 0 Å². The average Bonchev–Trinajstić information content (AvgIpc) is 2.85. The number of halogens is 2. The molecule has 0 aromatic carbocycles. The third-order valence-electron chi connectivity index (χ3n) is 0.874. The molecule has 70 valence electrons. The minimum atomic E-state index is -0.826. The Bertz CT molecular complexity index is 198. The Morgan fingerprint density at radius 3 is 1.69 bits per heavy atom. The maximum Gasteiger partial charge on any atom is -0.000975 e. The van der Waals surface area contributed by atoms with E-state index in [0.29, 0.717) is 0 Å². The summed E-state index contributed by atoms with van der Waals surface area (Å²) in [6.45, 7) is 0. The summed E-state index contributed by atoms with van der Waals surface area (Å²) < 4.78 is 0. The summed E-state index contributed by atoms with van der Waals surface area (Å²) in [7, 11) is 17.7. The van der Waals surface area contributed by atoms with Gasteiger partial charge >= 0.3 is 37.9 Å². The van der Waals surface area contributed by atoms with Gasteiger partial charge in [-0.1, -0.05) is 31.9 Å². The van der Waals surface area contributed by atoms with Gasteiger partial charge in [-0.05, 0) is 36.6 Å². The number of rotatable bonds is 0. The van der Waals surface area contributed by atoms with Crippen LogP contribution in [0.5, 0.6) is 0 Å². The molecule has 1 aliphatic carbocycles. The number of allylic oxidation sites excluding steroid dienone is 4. The van der Waals surface area contributed by atoms with Crippen LogP contribution in [-0.2, 0) is 20.8 Å². The van der Waals surface area contributed by atoms with E-state index >= 15 is 0 Å². The summed E-state index contributed by atoms with van der Waals surface area (Å²) >= 11 is -0.826. The molecular weight excluding hydrogens is 377 g/mol. The molecule has 0 nitrogen and oxygen atoms in total. The van der Waals surface area contributed by atoms with Gasteiger partial charge in [-0.25, -0.2) is 0 Å². The largest absolute Gasteiger partial charge is 0.0716 e. The summed E-state index contributed by atoms with van der Waals surface area (Å²) in [5.74, 6) is 0. The third-order valence-corrected chi connectivity index (χ3v) is 18.4. The second-order valence-corrected chi connectivity index (χ2v) is 17.8. The molecule has 13 heavy (non-hydrogen) atoms. The van der Waals surface area contributed by atoms with Gasteiger partial charge in [-0.3, -0.25) is 0 Å². The zero-order chi connectivity index (χ0) is 9.78. The van der Waals surface area contributed by atoms with E-state index in [4.69, 9.17) is 17.0 Å². The first-order chi connectivity index (χ1) is 6.41. The average molecular weight is 384 g/mol. The van der Waals surface area contributed by atoms with Crippen LogP contribution in [0.2, 0.25) is 0 Å². The van der Waals surface area contributed by atoms with Crippen molar-refractivity contribution in [1.29, 1.82) is 0 Å². The fourth-order valence-electron chi connectivity index (χ4n) is 0.493. The third kappa shape index (κ3) is 14.4. The van der Waals surface area contributed by atoms with Crippen LogP contribution < -0.4 is 0 Å². The van der Waals surface area contributed by atoms with E-state index in [-0.39, 0.29) is 0 Å². The van der Waals surface area contributed by atoms with E-state index in [9.17, 15) is 0 Å². The van der Waals surface area contributed by atoms with Gasteiger partial charge in [0.2, 0.25) is 0 Å². The standard InChI is InChI=1S/C5H6.2ClH.HP5.Zr/c1-2-4-5-3-1;;;1-2-4-5-3-1;/h1-4H,5H2;2*1H;1H;/q;;;;+2/p-2. The minimum absolute atomic E-state index is 0.826. The van der Waals surface area contributed by atoms with Gasteiger partial charge in [0, 0.05) is 0 Å². The van der Waals surface area contributed by atoms with Crippen molar-refractivity contribution in [3.8, 4) is 0 Å². The molecule has 0 atom stereocenters. The fraction of sp³-hybridized carbons (Fsp3) is 0.200. The maximum absolute atomic E-state index is 4.93. The van der Waals surface area contributed by atoms with Crippen LogP contribution in [0.15, 0.2) is 24.3 Å². The van der Waals surface area contributed by atoms with Crippen molar-refractivity contribution in [2.45, 2.75) is 6.42 Å². The second kappa shape index (κ2) is 14.4. The van der Waals surface area contributed by atoms with Crippen molar-refractivity contribution in [2.75, 3.05) is 0 Å². The first-order valence-electron chi connectivity index (χ1n) is 3.24. The topological polar surface area (TPSA) is 0 Å². The molecule has 1 aromatic rings.